The van der Waals surface area contributed by atoms with Crippen molar-refractivity contribution in [2.24, 2.45) is 0 Å². The average Bonchev–Trinajstić information content (AvgIpc) is 2.16. The van der Waals surface area contributed by atoms with Crippen LogP contribution in [0.1, 0.15) is 28.9 Å². The molecule has 1 aromatic carbocycles. The second-order valence-corrected chi connectivity index (χ2v) is 3.43. The van der Waals surface area contributed by atoms with E-state index in [1.54, 1.807) is 0 Å². The molecule has 0 aromatic heterocycles. The predicted molar refractivity (Wildman–Crippen MR) is 53.9 cm³/mol. The first-order valence-corrected chi connectivity index (χ1v) is 4.36. The molecule has 0 heterocycles. The molecule has 0 aliphatic heterocycles. The van der Waals surface area contributed by atoms with E-state index in [-0.39, 0.29) is 0 Å². The Kier molecular flexibility index (Phi) is 3.20. The number of hydrogen-bond acceptors (Lipinski definition) is 2. The maximum atomic E-state index is 10.5. The first-order chi connectivity index (χ1) is 6.15. The monoisotopic (exact) mass is 177 g/mol. The molecular weight excluding hydrogens is 162 g/mol. The Morgan fingerprint density at radius 2 is 2.08 bits per heavy atom. The third-order valence-corrected chi connectivity index (χ3v) is 2.30. The van der Waals surface area contributed by atoms with E-state index < -0.39 is 0 Å². The predicted octanol–water partition coefficient (Wildman–Crippen LogP) is 2.12. The lowest BCUT2D eigenvalue weighted by Crippen LogP contribution is -2.16. The van der Waals surface area contributed by atoms with Crippen LogP contribution in [0.5, 0.6) is 0 Å². The third kappa shape index (κ3) is 2.39. The molecule has 0 amide bonds. The summed E-state index contributed by atoms with van der Waals surface area (Å²) in [6.45, 7) is 2.11. The van der Waals surface area contributed by atoms with Crippen molar-refractivity contribution in [2.75, 3.05) is 14.1 Å². The van der Waals surface area contributed by atoms with E-state index in [0.717, 1.165) is 11.8 Å². The summed E-state index contributed by atoms with van der Waals surface area (Å²) in [6, 6.07) is 8.05. The van der Waals surface area contributed by atoms with Crippen molar-refractivity contribution in [2.45, 2.75) is 13.0 Å². The van der Waals surface area contributed by atoms with Crippen LogP contribution in [-0.2, 0) is 0 Å². The average molecular weight is 177 g/mol. The second kappa shape index (κ2) is 4.19. The van der Waals surface area contributed by atoms with Crippen LogP contribution in [0.2, 0.25) is 0 Å². The molecule has 0 aliphatic carbocycles. The fourth-order valence-electron chi connectivity index (χ4n) is 1.19. The van der Waals surface area contributed by atoms with Gasteiger partial charge in [0, 0.05) is 11.6 Å². The Balaban J connectivity index is 2.94. The minimum absolute atomic E-state index is 0.347. The fourth-order valence-corrected chi connectivity index (χ4v) is 1.19. The van der Waals surface area contributed by atoms with Crippen LogP contribution in [0.15, 0.2) is 24.3 Å². The standard InChI is InChI=1S/C11H15NO/c1-9(12(2)3)11-6-4-5-10(7-11)8-13/h4-9H,1-3H3/t9-/m1/s1. The molecule has 0 bridgehead atoms. The summed E-state index contributed by atoms with van der Waals surface area (Å²) in [7, 11) is 4.05. The quantitative estimate of drug-likeness (QED) is 0.659. The van der Waals surface area contributed by atoms with Gasteiger partial charge < -0.3 is 4.90 Å². The van der Waals surface area contributed by atoms with Crippen molar-refractivity contribution < 1.29 is 4.79 Å². The molecule has 0 N–H and O–H groups in total. The number of benzene rings is 1. The van der Waals surface area contributed by atoms with E-state index in [9.17, 15) is 4.79 Å². The first-order valence-electron chi connectivity index (χ1n) is 4.36. The summed E-state index contributed by atoms with van der Waals surface area (Å²) in [5.74, 6) is 0. The lowest BCUT2D eigenvalue weighted by Gasteiger charge is -2.20. The lowest BCUT2D eigenvalue weighted by molar-refractivity contribution is 0.112. The topological polar surface area (TPSA) is 20.3 Å². The number of nitrogens with zero attached hydrogens (tertiary/aromatic N) is 1. The minimum atomic E-state index is 0.347. The van der Waals surface area contributed by atoms with Gasteiger partial charge in [-0.15, -0.1) is 0 Å². The summed E-state index contributed by atoms with van der Waals surface area (Å²) >= 11 is 0. The van der Waals surface area contributed by atoms with Crippen LogP contribution in [-0.4, -0.2) is 25.3 Å². The Labute approximate surface area is 79.2 Å². The van der Waals surface area contributed by atoms with Crippen molar-refractivity contribution in [3.8, 4) is 0 Å². The summed E-state index contributed by atoms with van der Waals surface area (Å²) in [5.41, 5.74) is 1.92. The molecule has 0 unspecified atom stereocenters. The van der Waals surface area contributed by atoms with Gasteiger partial charge in [-0.25, -0.2) is 0 Å². The van der Waals surface area contributed by atoms with Crippen molar-refractivity contribution in [3.63, 3.8) is 0 Å². The number of rotatable bonds is 3. The molecular formula is C11H15NO. The van der Waals surface area contributed by atoms with E-state index in [1.165, 1.54) is 5.56 Å². The van der Waals surface area contributed by atoms with E-state index in [0.29, 0.717) is 6.04 Å². The SMILES string of the molecule is C[C@H](c1cccc(C=O)c1)N(C)C. The summed E-state index contributed by atoms with van der Waals surface area (Å²) in [5, 5.41) is 0. The maximum Gasteiger partial charge on any atom is 0.150 e. The Morgan fingerprint density at radius 1 is 1.38 bits per heavy atom. The van der Waals surface area contributed by atoms with E-state index >= 15 is 0 Å². The van der Waals surface area contributed by atoms with Crippen LogP contribution >= 0.6 is 0 Å². The second-order valence-electron chi connectivity index (χ2n) is 3.43. The zero-order valence-electron chi connectivity index (χ0n) is 8.32. The molecule has 13 heavy (non-hydrogen) atoms. The van der Waals surface area contributed by atoms with E-state index in [1.807, 2.05) is 38.4 Å². The van der Waals surface area contributed by atoms with Gasteiger partial charge in [-0.1, -0.05) is 18.2 Å². The van der Waals surface area contributed by atoms with Gasteiger partial charge in [-0.2, -0.15) is 0 Å². The third-order valence-electron chi connectivity index (χ3n) is 2.30. The van der Waals surface area contributed by atoms with Gasteiger partial charge in [0.05, 0.1) is 0 Å². The molecule has 2 heteroatoms. The lowest BCUT2D eigenvalue weighted by atomic mass is 10.1. The molecule has 0 spiro atoms. The molecule has 1 rings (SSSR count). The van der Waals surface area contributed by atoms with Gasteiger partial charge in [0.15, 0.2) is 0 Å². The molecule has 0 aliphatic rings. The molecule has 0 saturated carbocycles. The highest BCUT2D eigenvalue weighted by Gasteiger charge is 2.07. The van der Waals surface area contributed by atoms with Gasteiger partial charge in [0.2, 0.25) is 0 Å². The molecule has 1 atom stereocenters. The summed E-state index contributed by atoms with van der Waals surface area (Å²) in [6.07, 6.45) is 0.881. The van der Waals surface area contributed by atoms with Crippen LogP contribution in [0.25, 0.3) is 0 Å². The van der Waals surface area contributed by atoms with Crippen molar-refractivity contribution in [1.82, 2.24) is 4.90 Å². The van der Waals surface area contributed by atoms with E-state index in [4.69, 9.17) is 0 Å². The fraction of sp³-hybridized carbons (Fsp3) is 0.364. The zero-order valence-corrected chi connectivity index (χ0v) is 8.32. The zero-order chi connectivity index (χ0) is 9.84. The van der Waals surface area contributed by atoms with E-state index in [2.05, 4.69) is 11.8 Å². The Morgan fingerprint density at radius 3 is 2.62 bits per heavy atom. The van der Waals surface area contributed by atoms with Gasteiger partial charge in [0.25, 0.3) is 0 Å². The number of aldehydes is 1. The molecule has 1 aromatic rings. The first kappa shape index (κ1) is 9.93. The van der Waals surface area contributed by atoms with Gasteiger partial charge >= 0.3 is 0 Å². The molecule has 0 fully saturated rings. The van der Waals surface area contributed by atoms with Crippen molar-refractivity contribution >= 4 is 6.29 Å². The molecule has 2 nitrogen and oxygen atoms in total. The summed E-state index contributed by atoms with van der Waals surface area (Å²) < 4.78 is 0. The number of carbonyl (C=O) groups excluding carboxylic acids is 1. The van der Waals surface area contributed by atoms with Crippen molar-refractivity contribution in [3.05, 3.63) is 35.4 Å². The Bertz CT molecular complexity index is 294. The van der Waals surface area contributed by atoms with Crippen LogP contribution < -0.4 is 0 Å². The van der Waals surface area contributed by atoms with Gasteiger partial charge in [-0.05, 0) is 32.6 Å². The number of hydrogen-bond donors (Lipinski definition) is 0. The van der Waals surface area contributed by atoms with Crippen molar-refractivity contribution in [1.29, 1.82) is 0 Å². The normalized spacial score (nSPS) is 12.9. The smallest absolute Gasteiger partial charge is 0.150 e. The number of carbonyl (C=O) groups is 1. The highest BCUT2D eigenvalue weighted by Crippen LogP contribution is 2.17. The Hall–Kier alpha value is -1.15. The van der Waals surface area contributed by atoms with Crippen LogP contribution in [0.4, 0.5) is 0 Å². The van der Waals surface area contributed by atoms with Gasteiger partial charge in [-0.3, -0.25) is 4.79 Å². The molecule has 70 valence electrons. The minimum Gasteiger partial charge on any atom is -0.303 e. The van der Waals surface area contributed by atoms with Crippen LogP contribution in [0.3, 0.4) is 0 Å². The molecule has 0 radical (unpaired) electrons. The van der Waals surface area contributed by atoms with Gasteiger partial charge in [0.1, 0.15) is 6.29 Å². The molecule has 0 saturated heterocycles. The highest BCUT2D eigenvalue weighted by atomic mass is 16.1. The maximum absolute atomic E-state index is 10.5. The van der Waals surface area contributed by atoms with Crippen LogP contribution in [0, 0.1) is 0 Å². The highest BCUT2D eigenvalue weighted by molar-refractivity contribution is 5.74. The summed E-state index contributed by atoms with van der Waals surface area (Å²) in [4.78, 5) is 12.7. The largest absolute Gasteiger partial charge is 0.303 e.